The number of nitrogens with zero attached hydrogens (tertiary/aromatic N) is 4. The summed E-state index contributed by atoms with van der Waals surface area (Å²) in [6.45, 7) is 3.60. The van der Waals surface area contributed by atoms with Crippen molar-refractivity contribution in [2.45, 2.75) is 0 Å². The molecule has 1 aliphatic heterocycles. The molecule has 1 fully saturated rings. The van der Waals surface area contributed by atoms with E-state index < -0.39 is 0 Å². The molecule has 0 saturated carbocycles. The van der Waals surface area contributed by atoms with Gasteiger partial charge in [0, 0.05) is 37.3 Å². The van der Waals surface area contributed by atoms with Gasteiger partial charge >= 0.3 is 0 Å². The van der Waals surface area contributed by atoms with Crippen LogP contribution < -0.4 is 10.2 Å². The second-order valence-electron chi connectivity index (χ2n) is 6.51. The van der Waals surface area contributed by atoms with Crippen LogP contribution in [-0.2, 0) is 0 Å². The van der Waals surface area contributed by atoms with Crippen LogP contribution in [0.1, 0.15) is 0 Å². The van der Waals surface area contributed by atoms with Crippen molar-refractivity contribution >= 4 is 17.0 Å². The zero-order valence-corrected chi connectivity index (χ0v) is 14.8. The van der Waals surface area contributed by atoms with Crippen molar-refractivity contribution in [1.29, 1.82) is 0 Å². The standard InChI is InChI=1S/C21H19N5O/c1-3-7-15(8-4-1)18-23-19-17(20(24-18)26-13-11-22-12-14-26)27-21(25-19)16-9-5-2-6-10-16/h1-10,22H,11-14H2. The maximum atomic E-state index is 6.13. The van der Waals surface area contributed by atoms with E-state index in [1.807, 2.05) is 60.7 Å². The second-order valence-corrected chi connectivity index (χ2v) is 6.51. The number of hydrogen-bond donors (Lipinski definition) is 1. The van der Waals surface area contributed by atoms with E-state index in [1.54, 1.807) is 0 Å². The van der Waals surface area contributed by atoms with Crippen LogP contribution in [0.4, 0.5) is 5.82 Å². The topological polar surface area (TPSA) is 67.1 Å². The smallest absolute Gasteiger partial charge is 0.229 e. The lowest BCUT2D eigenvalue weighted by Gasteiger charge is -2.28. The molecule has 6 heteroatoms. The maximum Gasteiger partial charge on any atom is 0.229 e. The van der Waals surface area contributed by atoms with Gasteiger partial charge in [0.15, 0.2) is 11.6 Å². The van der Waals surface area contributed by atoms with Crippen LogP contribution in [0, 0.1) is 0 Å². The molecule has 0 unspecified atom stereocenters. The van der Waals surface area contributed by atoms with E-state index in [2.05, 4.69) is 20.2 Å². The lowest BCUT2D eigenvalue weighted by Crippen LogP contribution is -2.44. The Morgan fingerprint density at radius 1 is 0.778 bits per heavy atom. The van der Waals surface area contributed by atoms with E-state index in [9.17, 15) is 0 Å². The quantitative estimate of drug-likeness (QED) is 0.606. The fraction of sp³-hybridized carbons (Fsp3) is 0.190. The Balaban J connectivity index is 1.69. The molecule has 4 aromatic rings. The molecule has 1 saturated heterocycles. The van der Waals surface area contributed by atoms with Crippen LogP contribution in [0.3, 0.4) is 0 Å². The second kappa shape index (κ2) is 6.81. The molecule has 0 aliphatic carbocycles. The van der Waals surface area contributed by atoms with Crippen LogP contribution in [0.15, 0.2) is 65.1 Å². The molecular weight excluding hydrogens is 338 g/mol. The molecule has 1 aliphatic rings. The van der Waals surface area contributed by atoms with Gasteiger partial charge in [-0.15, -0.1) is 0 Å². The van der Waals surface area contributed by atoms with E-state index in [0.29, 0.717) is 22.9 Å². The number of aromatic nitrogens is 3. The molecular formula is C21H19N5O. The van der Waals surface area contributed by atoms with E-state index in [1.165, 1.54) is 0 Å². The number of nitrogens with one attached hydrogen (secondary N) is 1. The third kappa shape index (κ3) is 3.04. The monoisotopic (exact) mass is 357 g/mol. The summed E-state index contributed by atoms with van der Waals surface area (Å²) in [5, 5.41) is 3.38. The van der Waals surface area contributed by atoms with Crippen LogP contribution in [0.2, 0.25) is 0 Å². The summed E-state index contributed by atoms with van der Waals surface area (Å²) in [5.41, 5.74) is 3.15. The lowest BCUT2D eigenvalue weighted by atomic mass is 10.2. The minimum atomic E-state index is 0.571. The average molecular weight is 357 g/mol. The molecule has 3 heterocycles. The summed E-state index contributed by atoms with van der Waals surface area (Å²) >= 11 is 0. The Morgan fingerprint density at radius 2 is 1.44 bits per heavy atom. The van der Waals surface area contributed by atoms with Crippen LogP contribution >= 0.6 is 0 Å². The van der Waals surface area contributed by atoms with Gasteiger partial charge in [-0.3, -0.25) is 0 Å². The van der Waals surface area contributed by atoms with Crippen LogP contribution in [0.25, 0.3) is 34.1 Å². The van der Waals surface area contributed by atoms with Gasteiger partial charge in [-0.25, -0.2) is 9.97 Å². The molecule has 0 atom stereocenters. The molecule has 0 radical (unpaired) electrons. The van der Waals surface area contributed by atoms with Gasteiger partial charge in [0.05, 0.1) is 0 Å². The van der Waals surface area contributed by atoms with Crippen molar-refractivity contribution in [1.82, 2.24) is 20.3 Å². The number of hydrogen-bond acceptors (Lipinski definition) is 6. The summed E-state index contributed by atoms with van der Waals surface area (Å²) in [7, 11) is 0. The SMILES string of the molecule is c1ccc(-c2nc(N3CCNCC3)c3oc(-c4ccccc4)nc3n2)cc1. The highest BCUT2D eigenvalue weighted by Gasteiger charge is 2.22. The van der Waals surface area contributed by atoms with E-state index in [-0.39, 0.29) is 0 Å². The van der Waals surface area contributed by atoms with E-state index >= 15 is 0 Å². The predicted molar refractivity (Wildman–Crippen MR) is 106 cm³/mol. The van der Waals surface area contributed by atoms with Gasteiger partial charge in [0.2, 0.25) is 17.1 Å². The summed E-state index contributed by atoms with van der Waals surface area (Å²) in [6, 6.07) is 19.9. The van der Waals surface area contributed by atoms with Gasteiger partial charge in [0.25, 0.3) is 0 Å². The summed E-state index contributed by atoms with van der Waals surface area (Å²) in [5.74, 6) is 2.06. The Kier molecular flexibility index (Phi) is 4.03. The first-order chi connectivity index (χ1) is 13.4. The third-order valence-corrected chi connectivity index (χ3v) is 4.71. The van der Waals surface area contributed by atoms with Gasteiger partial charge in [-0.05, 0) is 12.1 Å². The Morgan fingerprint density at radius 3 is 2.15 bits per heavy atom. The molecule has 2 aromatic carbocycles. The largest absolute Gasteiger partial charge is 0.430 e. The lowest BCUT2D eigenvalue weighted by molar-refractivity contribution is 0.575. The molecule has 2 aromatic heterocycles. The van der Waals surface area contributed by atoms with Crippen molar-refractivity contribution in [2.75, 3.05) is 31.1 Å². The highest BCUT2D eigenvalue weighted by molar-refractivity contribution is 5.85. The first-order valence-electron chi connectivity index (χ1n) is 9.13. The van der Waals surface area contributed by atoms with Gasteiger partial charge in [-0.1, -0.05) is 48.5 Å². The molecule has 0 amide bonds. The molecule has 0 spiro atoms. The maximum absolute atomic E-state index is 6.13. The number of fused-ring (bicyclic) bond motifs is 1. The average Bonchev–Trinajstić information content (AvgIpc) is 3.19. The first kappa shape index (κ1) is 16.0. The zero-order valence-electron chi connectivity index (χ0n) is 14.8. The number of benzene rings is 2. The number of oxazole rings is 1. The number of rotatable bonds is 3. The van der Waals surface area contributed by atoms with Crippen molar-refractivity contribution in [3.63, 3.8) is 0 Å². The minimum Gasteiger partial charge on any atom is -0.430 e. The normalized spacial score (nSPS) is 14.6. The fourth-order valence-electron chi connectivity index (χ4n) is 3.32. The molecule has 0 bridgehead atoms. The Hall–Kier alpha value is -3.25. The molecule has 6 nitrogen and oxygen atoms in total. The highest BCUT2D eigenvalue weighted by Crippen LogP contribution is 2.31. The van der Waals surface area contributed by atoms with Gasteiger partial charge < -0.3 is 14.6 Å². The minimum absolute atomic E-state index is 0.571. The fourth-order valence-corrected chi connectivity index (χ4v) is 3.32. The van der Waals surface area contributed by atoms with Crippen LogP contribution in [0.5, 0.6) is 0 Å². The first-order valence-corrected chi connectivity index (χ1v) is 9.13. The number of piperazine rings is 1. The Labute approximate surface area is 156 Å². The van der Waals surface area contributed by atoms with Crippen molar-refractivity contribution in [3.05, 3.63) is 60.7 Å². The van der Waals surface area contributed by atoms with Crippen molar-refractivity contribution in [3.8, 4) is 22.8 Å². The van der Waals surface area contributed by atoms with Gasteiger partial charge in [-0.2, -0.15) is 4.98 Å². The Bertz CT molecular complexity index is 1060. The van der Waals surface area contributed by atoms with Gasteiger partial charge in [0.1, 0.15) is 0 Å². The molecule has 5 rings (SSSR count). The highest BCUT2D eigenvalue weighted by atomic mass is 16.4. The predicted octanol–water partition coefficient (Wildman–Crippen LogP) is 3.36. The third-order valence-electron chi connectivity index (χ3n) is 4.71. The zero-order chi connectivity index (χ0) is 18.1. The molecule has 27 heavy (non-hydrogen) atoms. The molecule has 134 valence electrons. The summed E-state index contributed by atoms with van der Waals surface area (Å²) < 4.78 is 6.13. The van der Waals surface area contributed by atoms with E-state index in [4.69, 9.17) is 9.40 Å². The van der Waals surface area contributed by atoms with Crippen LogP contribution in [-0.4, -0.2) is 41.1 Å². The summed E-state index contributed by atoms with van der Waals surface area (Å²) in [6.07, 6.45) is 0. The summed E-state index contributed by atoms with van der Waals surface area (Å²) in [4.78, 5) is 16.5. The van der Waals surface area contributed by atoms with E-state index in [0.717, 1.165) is 43.1 Å². The number of anilines is 1. The van der Waals surface area contributed by atoms with Crippen molar-refractivity contribution < 1.29 is 4.42 Å². The van der Waals surface area contributed by atoms with Crippen molar-refractivity contribution in [2.24, 2.45) is 0 Å². The molecule has 1 N–H and O–H groups in total.